The van der Waals surface area contributed by atoms with E-state index in [0.29, 0.717) is 23.0 Å². The highest BCUT2D eigenvalue weighted by Gasteiger charge is 2.23. The number of rotatable bonds is 3. The van der Waals surface area contributed by atoms with Gasteiger partial charge in [-0.05, 0) is 20.3 Å². The van der Waals surface area contributed by atoms with Crippen LogP contribution >= 0.6 is 11.6 Å². The van der Waals surface area contributed by atoms with Gasteiger partial charge in [0, 0.05) is 25.1 Å². The maximum absolute atomic E-state index is 5.86. The number of hydrogen-bond donors (Lipinski definition) is 1. The zero-order valence-corrected chi connectivity index (χ0v) is 10.3. The molecule has 1 aliphatic rings. The lowest BCUT2D eigenvalue weighted by Crippen LogP contribution is -2.21. The van der Waals surface area contributed by atoms with Crippen LogP contribution in [-0.2, 0) is 4.74 Å². The van der Waals surface area contributed by atoms with Crippen LogP contribution in [0.5, 0.6) is 0 Å². The van der Waals surface area contributed by atoms with E-state index < -0.39 is 0 Å². The Morgan fingerprint density at radius 1 is 1.56 bits per heavy atom. The van der Waals surface area contributed by atoms with Crippen LogP contribution in [0.4, 0.5) is 5.82 Å². The maximum atomic E-state index is 5.86. The van der Waals surface area contributed by atoms with Crippen LogP contribution < -0.4 is 5.32 Å². The summed E-state index contributed by atoms with van der Waals surface area (Å²) in [7, 11) is 0. The number of nitrogens with zero attached hydrogens (tertiary/aromatic N) is 2. The van der Waals surface area contributed by atoms with Gasteiger partial charge in [0.05, 0.1) is 6.10 Å². The third-order valence-electron chi connectivity index (χ3n) is 2.89. The average molecular weight is 242 g/mol. The van der Waals surface area contributed by atoms with Crippen molar-refractivity contribution >= 4 is 17.4 Å². The van der Waals surface area contributed by atoms with Gasteiger partial charge in [-0.2, -0.15) is 0 Å². The Bertz CT molecular complexity index is 352. The van der Waals surface area contributed by atoms with Crippen molar-refractivity contribution in [3.05, 3.63) is 17.0 Å². The largest absolute Gasteiger partial charge is 0.378 e. The molecule has 1 aromatic heterocycles. The topological polar surface area (TPSA) is 47.0 Å². The van der Waals surface area contributed by atoms with E-state index in [0.717, 1.165) is 25.4 Å². The van der Waals surface area contributed by atoms with Crippen LogP contribution in [0, 0.1) is 12.8 Å². The van der Waals surface area contributed by atoms with E-state index in [1.165, 1.54) is 0 Å². The molecular formula is C11H16ClN3O. The predicted molar refractivity (Wildman–Crippen MR) is 63.8 cm³/mol. The molecule has 1 saturated heterocycles. The third kappa shape index (κ3) is 2.83. The van der Waals surface area contributed by atoms with Crippen LogP contribution in [0.15, 0.2) is 6.07 Å². The minimum Gasteiger partial charge on any atom is -0.378 e. The molecule has 0 amide bonds. The average Bonchev–Trinajstić information content (AvgIpc) is 2.59. The van der Waals surface area contributed by atoms with E-state index in [1.54, 1.807) is 6.07 Å². The van der Waals surface area contributed by atoms with E-state index in [2.05, 4.69) is 22.2 Å². The predicted octanol–water partition coefficient (Wildman–Crippen LogP) is 2.28. The zero-order chi connectivity index (χ0) is 11.5. The van der Waals surface area contributed by atoms with Crippen molar-refractivity contribution in [2.24, 2.45) is 5.92 Å². The first kappa shape index (κ1) is 11.6. The summed E-state index contributed by atoms with van der Waals surface area (Å²) in [6, 6.07) is 1.75. The van der Waals surface area contributed by atoms with Gasteiger partial charge in [0.15, 0.2) is 0 Å². The molecule has 0 aromatic carbocycles. The molecule has 88 valence electrons. The van der Waals surface area contributed by atoms with E-state index in [-0.39, 0.29) is 0 Å². The number of anilines is 1. The number of aromatic nitrogens is 2. The molecule has 4 nitrogen and oxygen atoms in total. The van der Waals surface area contributed by atoms with Crippen molar-refractivity contribution in [2.45, 2.75) is 26.4 Å². The molecule has 5 heteroatoms. The molecule has 0 bridgehead atoms. The van der Waals surface area contributed by atoms with E-state index in [9.17, 15) is 0 Å². The first-order valence-electron chi connectivity index (χ1n) is 5.52. The number of nitrogens with one attached hydrogen (secondary N) is 1. The monoisotopic (exact) mass is 241 g/mol. The molecule has 2 unspecified atom stereocenters. The molecule has 2 atom stereocenters. The third-order valence-corrected chi connectivity index (χ3v) is 3.08. The van der Waals surface area contributed by atoms with Gasteiger partial charge in [-0.1, -0.05) is 11.6 Å². The fourth-order valence-electron chi connectivity index (χ4n) is 1.90. The summed E-state index contributed by atoms with van der Waals surface area (Å²) in [6.45, 7) is 5.67. The van der Waals surface area contributed by atoms with Crippen LogP contribution in [0.25, 0.3) is 0 Å². The summed E-state index contributed by atoms with van der Waals surface area (Å²) in [5, 5.41) is 3.76. The molecule has 0 radical (unpaired) electrons. The quantitative estimate of drug-likeness (QED) is 0.825. The Kier molecular flexibility index (Phi) is 3.61. The molecule has 1 N–H and O–H groups in total. The maximum Gasteiger partial charge on any atom is 0.134 e. The Balaban J connectivity index is 1.94. The van der Waals surface area contributed by atoms with Gasteiger partial charge in [-0.25, -0.2) is 9.97 Å². The molecule has 16 heavy (non-hydrogen) atoms. The molecule has 0 aliphatic carbocycles. The second-order valence-corrected chi connectivity index (χ2v) is 4.52. The standard InChI is InChI=1S/C11H16ClN3O/c1-7-9(3-4-16-7)6-13-11-5-10(12)14-8(2)15-11/h5,7,9H,3-4,6H2,1-2H3,(H,13,14,15). The van der Waals surface area contributed by atoms with Crippen LogP contribution in [0.2, 0.25) is 5.15 Å². The highest BCUT2D eigenvalue weighted by atomic mass is 35.5. The van der Waals surface area contributed by atoms with Gasteiger partial charge in [-0.15, -0.1) is 0 Å². The lowest BCUT2D eigenvalue weighted by Gasteiger charge is -2.15. The van der Waals surface area contributed by atoms with Crippen molar-refractivity contribution in [1.82, 2.24) is 9.97 Å². The van der Waals surface area contributed by atoms with Crippen molar-refractivity contribution in [3.63, 3.8) is 0 Å². The Hall–Kier alpha value is -0.870. The van der Waals surface area contributed by atoms with Crippen LogP contribution in [0.3, 0.4) is 0 Å². The van der Waals surface area contributed by atoms with Crippen molar-refractivity contribution in [1.29, 1.82) is 0 Å². The second kappa shape index (κ2) is 4.97. The minimum absolute atomic E-state index is 0.325. The second-order valence-electron chi connectivity index (χ2n) is 4.13. The Morgan fingerprint density at radius 3 is 3.00 bits per heavy atom. The molecule has 2 heterocycles. The number of ether oxygens (including phenoxy) is 1. The highest BCUT2D eigenvalue weighted by Crippen LogP contribution is 2.21. The van der Waals surface area contributed by atoms with E-state index in [1.807, 2.05) is 6.92 Å². The van der Waals surface area contributed by atoms with Gasteiger partial charge in [0.25, 0.3) is 0 Å². The highest BCUT2D eigenvalue weighted by molar-refractivity contribution is 6.29. The Labute approximate surface area is 100 Å². The summed E-state index contributed by atoms with van der Waals surface area (Å²) in [4.78, 5) is 8.29. The van der Waals surface area contributed by atoms with Crippen molar-refractivity contribution < 1.29 is 4.74 Å². The summed E-state index contributed by atoms with van der Waals surface area (Å²) in [6.07, 6.45) is 1.43. The summed E-state index contributed by atoms with van der Waals surface area (Å²) in [5.74, 6) is 2.02. The summed E-state index contributed by atoms with van der Waals surface area (Å²) < 4.78 is 5.50. The Morgan fingerprint density at radius 2 is 2.38 bits per heavy atom. The fraction of sp³-hybridized carbons (Fsp3) is 0.636. The van der Waals surface area contributed by atoms with E-state index >= 15 is 0 Å². The van der Waals surface area contributed by atoms with Gasteiger partial charge < -0.3 is 10.1 Å². The zero-order valence-electron chi connectivity index (χ0n) is 9.53. The van der Waals surface area contributed by atoms with Gasteiger partial charge in [0.1, 0.15) is 16.8 Å². The first-order chi connectivity index (χ1) is 7.65. The van der Waals surface area contributed by atoms with Crippen molar-refractivity contribution in [3.8, 4) is 0 Å². The van der Waals surface area contributed by atoms with Crippen LogP contribution in [0.1, 0.15) is 19.2 Å². The molecule has 1 fully saturated rings. The van der Waals surface area contributed by atoms with Gasteiger partial charge in [0.2, 0.25) is 0 Å². The molecule has 0 saturated carbocycles. The number of halogens is 1. The van der Waals surface area contributed by atoms with Gasteiger partial charge >= 0.3 is 0 Å². The van der Waals surface area contributed by atoms with Gasteiger partial charge in [-0.3, -0.25) is 0 Å². The number of aryl methyl sites for hydroxylation is 1. The molecule has 2 rings (SSSR count). The van der Waals surface area contributed by atoms with Crippen LogP contribution in [-0.4, -0.2) is 29.2 Å². The molecule has 0 spiro atoms. The first-order valence-corrected chi connectivity index (χ1v) is 5.89. The van der Waals surface area contributed by atoms with Crippen molar-refractivity contribution in [2.75, 3.05) is 18.5 Å². The summed E-state index contributed by atoms with van der Waals surface area (Å²) >= 11 is 5.86. The minimum atomic E-state index is 0.325. The molecule has 1 aliphatic heterocycles. The number of hydrogen-bond acceptors (Lipinski definition) is 4. The molecular weight excluding hydrogens is 226 g/mol. The lowest BCUT2D eigenvalue weighted by atomic mass is 10.0. The fourth-order valence-corrected chi connectivity index (χ4v) is 2.13. The summed E-state index contributed by atoms with van der Waals surface area (Å²) in [5.41, 5.74) is 0. The lowest BCUT2D eigenvalue weighted by molar-refractivity contribution is 0.108. The molecule has 1 aromatic rings. The normalized spacial score (nSPS) is 24.7. The smallest absolute Gasteiger partial charge is 0.134 e. The van der Waals surface area contributed by atoms with E-state index in [4.69, 9.17) is 16.3 Å². The SMILES string of the molecule is Cc1nc(Cl)cc(NCC2CCOC2C)n1.